The predicted octanol–water partition coefficient (Wildman–Crippen LogP) is -3.05. The molecule has 0 spiro atoms. The second kappa shape index (κ2) is 245. The van der Waals surface area contributed by atoms with Crippen LogP contribution in [0.25, 0.3) is 0 Å². The third-order valence-corrected chi connectivity index (χ3v) is 0. The van der Waals surface area contributed by atoms with Gasteiger partial charge in [-0.1, -0.05) is 0 Å². The Hall–Kier alpha value is 1.02. The Labute approximate surface area is 71.0 Å². The second-order valence-corrected chi connectivity index (χ2v) is 0. The van der Waals surface area contributed by atoms with Gasteiger partial charge in [-0.3, -0.25) is 0 Å². The normalized spacial score (nSPS) is 0. The fraction of sp³-hybridized carbons (Fsp3) is 0. The number of hydrogen-bond acceptors (Lipinski definition) is 3. The zero-order valence-electron chi connectivity index (χ0n) is 3.81. The summed E-state index contributed by atoms with van der Waals surface area (Å²) in [5.41, 5.74) is 0. The van der Waals surface area contributed by atoms with Crippen molar-refractivity contribution in [2.45, 2.75) is 0 Å². The zero-order valence-corrected chi connectivity index (χ0v) is 6.02. The molecule has 0 rings (SSSR count). The van der Waals surface area contributed by atoms with E-state index in [0.29, 0.717) is 0 Å². The molecule has 11 N–H and O–H groups in total. The molecule has 0 aromatic carbocycles. The van der Waals surface area contributed by atoms with Crippen molar-refractivity contribution in [3.05, 3.63) is 0 Å². The molecule has 0 heterocycles. The van der Waals surface area contributed by atoms with Crippen molar-refractivity contribution in [2.75, 3.05) is 0 Å². The van der Waals surface area contributed by atoms with Gasteiger partial charge in [0, 0.05) is 0 Å². The van der Waals surface area contributed by atoms with E-state index in [1.54, 1.807) is 0 Å². The van der Waals surface area contributed by atoms with Crippen LogP contribution in [0.5, 0.6) is 0 Å². The van der Waals surface area contributed by atoms with Crippen molar-refractivity contribution in [1.82, 2.24) is 6.15 Å². The van der Waals surface area contributed by atoms with E-state index in [2.05, 4.69) is 0 Å². The van der Waals surface area contributed by atoms with Crippen LogP contribution >= 0.6 is 0 Å². The summed E-state index contributed by atoms with van der Waals surface area (Å²) in [6.07, 6.45) is 0. The Kier molecular flexibility index (Phi) is 13300. The summed E-state index contributed by atoms with van der Waals surface area (Å²) in [7, 11) is 0. The SMILES string of the molecule is N.O.O.O.[Ca+2].[OH-].[OH-]. The molecule has 48 valence electrons. The maximum absolute atomic E-state index is 0. The molecule has 0 aromatic heterocycles. The molecular formula is H11CaNO5. The summed E-state index contributed by atoms with van der Waals surface area (Å²) in [5.74, 6) is 0. The first-order chi connectivity index (χ1) is 0. The molecule has 0 atom stereocenters. The van der Waals surface area contributed by atoms with Gasteiger partial charge in [0.15, 0.2) is 0 Å². The average Bonchev–Trinajstić information content (AvgIpc) is 0. The van der Waals surface area contributed by atoms with Gasteiger partial charge >= 0.3 is 37.7 Å². The smallest absolute Gasteiger partial charge is 0.870 e. The van der Waals surface area contributed by atoms with Crippen LogP contribution in [0.3, 0.4) is 0 Å². The van der Waals surface area contributed by atoms with Crippen LogP contribution < -0.4 is 6.15 Å². The van der Waals surface area contributed by atoms with E-state index in [9.17, 15) is 0 Å². The molecule has 0 saturated heterocycles. The predicted molar refractivity (Wildman–Crippen MR) is 25.5 cm³/mol. The summed E-state index contributed by atoms with van der Waals surface area (Å²) < 4.78 is 0. The van der Waals surface area contributed by atoms with Gasteiger partial charge in [-0.25, -0.2) is 0 Å². The van der Waals surface area contributed by atoms with E-state index in [-0.39, 0.29) is 71.3 Å². The minimum absolute atomic E-state index is 0. The Bertz CT molecular complexity index is 8.04. The van der Waals surface area contributed by atoms with E-state index in [1.807, 2.05) is 0 Å². The molecule has 7 heteroatoms. The minimum atomic E-state index is 0. The molecule has 0 bridgehead atoms. The summed E-state index contributed by atoms with van der Waals surface area (Å²) in [6.45, 7) is 0. The van der Waals surface area contributed by atoms with Crippen LogP contribution in [0.15, 0.2) is 0 Å². The standard InChI is InChI=1S/Ca.H3N.5H2O/h;1H3;5*1H2/q+2;;;;;;/p-2. The average molecular weight is 145 g/mol. The quantitative estimate of drug-likeness (QED) is 0.355. The van der Waals surface area contributed by atoms with Crippen LogP contribution in [0.4, 0.5) is 0 Å². The van der Waals surface area contributed by atoms with Gasteiger partial charge in [-0.15, -0.1) is 0 Å². The first kappa shape index (κ1) is 380. The van der Waals surface area contributed by atoms with Crippen LogP contribution in [-0.4, -0.2) is 65.1 Å². The van der Waals surface area contributed by atoms with Crippen LogP contribution in [0, 0.1) is 0 Å². The molecule has 0 radical (unpaired) electrons. The second-order valence-electron chi connectivity index (χ2n) is 0. The largest absolute Gasteiger partial charge is 2.00 e. The van der Waals surface area contributed by atoms with Crippen molar-refractivity contribution < 1.29 is 27.4 Å². The Morgan fingerprint density at radius 2 is 0.571 bits per heavy atom. The van der Waals surface area contributed by atoms with Crippen molar-refractivity contribution in [2.24, 2.45) is 0 Å². The van der Waals surface area contributed by atoms with Crippen molar-refractivity contribution in [1.29, 1.82) is 0 Å². The molecular weight excluding hydrogens is 134 g/mol. The summed E-state index contributed by atoms with van der Waals surface area (Å²) in [5, 5.41) is 0. The van der Waals surface area contributed by atoms with Gasteiger partial charge in [0.2, 0.25) is 0 Å². The molecule has 0 aliphatic carbocycles. The van der Waals surface area contributed by atoms with Gasteiger partial charge in [-0.05, 0) is 0 Å². The van der Waals surface area contributed by atoms with Gasteiger partial charge < -0.3 is 33.5 Å². The molecule has 0 saturated carbocycles. The van der Waals surface area contributed by atoms with E-state index >= 15 is 0 Å². The first-order valence-electron chi connectivity index (χ1n) is 0. The maximum atomic E-state index is 0. The Morgan fingerprint density at radius 3 is 0.571 bits per heavy atom. The molecule has 0 amide bonds. The fourth-order valence-corrected chi connectivity index (χ4v) is 0. The molecule has 0 unspecified atom stereocenters. The van der Waals surface area contributed by atoms with Crippen molar-refractivity contribution in [3.8, 4) is 0 Å². The van der Waals surface area contributed by atoms with Gasteiger partial charge in [-0.2, -0.15) is 0 Å². The molecule has 0 aliphatic heterocycles. The van der Waals surface area contributed by atoms with Gasteiger partial charge in [0.05, 0.1) is 0 Å². The van der Waals surface area contributed by atoms with E-state index in [0.717, 1.165) is 0 Å². The minimum Gasteiger partial charge on any atom is -0.870 e. The zero-order chi connectivity index (χ0) is 0. The van der Waals surface area contributed by atoms with Crippen LogP contribution in [0.2, 0.25) is 0 Å². The first-order valence-corrected chi connectivity index (χ1v) is 0. The fourth-order valence-electron chi connectivity index (χ4n) is 0. The van der Waals surface area contributed by atoms with E-state index in [1.165, 1.54) is 0 Å². The molecule has 7 heavy (non-hydrogen) atoms. The maximum Gasteiger partial charge on any atom is 2.00 e. The number of rotatable bonds is 0. The topological polar surface area (TPSA) is 190 Å². The van der Waals surface area contributed by atoms with Gasteiger partial charge in [0.1, 0.15) is 0 Å². The van der Waals surface area contributed by atoms with E-state index in [4.69, 9.17) is 0 Å². The summed E-state index contributed by atoms with van der Waals surface area (Å²) >= 11 is 0. The van der Waals surface area contributed by atoms with Crippen molar-refractivity contribution >= 4 is 37.7 Å². The number of hydrogen-bond donors (Lipinski definition) is 1. The molecule has 6 nitrogen and oxygen atoms in total. The van der Waals surface area contributed by atoms with E-state index < -0.39 is 0 Å². The van der Waals surface area contributed by atoms with Crippen LogP contribution in [-0.2, 0) is 0 Å². The molecule has 0 fully saturated rings. The monoisotopic (exact) mass is 145 g/mol. The van der Waals surface area contributed by atoms with Crippen molar-refractivity contribution in [3.63, 3.8) is 0 Å². The van der Waals surface area contributed by atoms with Crippen LogP contribution in [0.1, 0.15) is 0 Å². The van der Waals surface area contributed by atoms with Gasteiger partial charge in [0.25, 0.3) is 0 Å². The molecule has 0 aromatic rings. The molecule has 0 aliphatic rings. The third kappa shape index (κ3) is 170. The Balaban J connectivity index is 0. The summed E-state index contributed by atoms with van der Waals surface area (Å²) in [4.78, 5) is 0. The Morgan fingerprint density at radius 1 is 0.571 bits per heavy atom. The summed E-state index contributed by atoms with van der Waals surface area (Å²) in [6, 6.07) is 0. The third-order valence-electron chi connectivity index (χ3n) is 0.